The van der Waals surface area contributed by atoms with Crippen molar-refractivity contribution in [2.75, 3.05) is 12.3 Å². The van der Waals surface area contributed by atoms with Crippen molar-refractivity contribution in [2.45, 2.75) is 32.1 Å². The van der Waals surface area contributed by atoms with Crippen molar-refractivity contribution in [3.8, 4) is 0 Å². The molecule has 2 atom stereocenters. The third kappa shape index (κ3) is 2.86. The van der Waals surface area contributed by atoms with Crippen molar-refractivity contribution in [1.82, 2.24) is 14.9 Å². The van der Waals surface area contributed by atoms with Gasteiger partial charge in [-0.25, -0.2) is 4.79 Å². The molecule has 1 aliphatic rings. The minimum atomic E-state index is -0.417. The largest absolute Gasteiger partial charge is 0.383 e. The Balaban J connectivity index is 2.00. The zero-order chi connectivity index (χ0) is 13.1. The van der Waals surface area contributed by atoms with Gasteiger partial charge in [0.15, 0.2) is 0 Å². The molecule has 0 spiro atoms. The summed E-state index contributed by atoms with van der Waals surface area (Å²) in [5, 5.41) is 2.70. The maximum absolute atomic E-state index is 11.6. The summed E-state index contributed by atoms with van der Waals surface area (Å²) in [6.45, 7) is 1.92. The first kappa shape index (κ1) is 12.6. The lowest BCUT2D eigenvalue weighted by Crippen LogP contribution is -2.31. The summed E-state index contributed by atoms with van der Waals surface area (Å²) in [4.78, 5) is 26.1. The number of nitrogens with one attached hydrogen (secondary N) is 1. The lowest BCUT2D eigenvalue weighted by atomic mass is 10.2. The Hall–Kier alpha value is -1.89. The molecule has 1 aromatic rings. The summed E-state index contributed by atoms with van der Waals surface area (Å²) >= 11 is 0. The molecular formula is C11H16N4O3. The van der Waals surface area contributed by atoms with Crippen molar-refractivity contribution < 1.29 is 9.53 Å². The monoisotopic (exact) mass is 252 g/mol. The van der Waals surface area contributed by atoms with Crippen LogP contribution in [0.1, 0.15) is 26.0 Å². The average Bonchev–Trinajstić information content (AvgIpc) is 2.75. The Kier molecular flexibility index (Phi) is 3.61. The van der Waals surface area contributed by atoms with Crippen molar-refractivity contribution in [3.63, 3.8) is 0 Å². The van der Waals surface area contributed by atoms with Crippen LogP contribution in [-0.2, 0) is 9.53 Å². The molecule has 0 aliphatic carbocycles. The topological polar surface area (TPSA) is 99.2 Å². The van der Waals surface area contributed by atoms with E-state index < -0.39 is 5.69 Å². The van der Waals surface area contributed by atoms with Gasteiger partial charge in [-0.1, -0.05) is 0 Å². The van der Waals surface area contributed by atoms with E-state index >= 15 is 0 Å². The maximum atomic E-state index is 11.6. The van der Waals surface area contributed by atoms with Gasteiger partial charge in [0, 0.05) is 19.7 Å². The first-order valence-corrected chi connectivity index (χ1v) is 5.81. The minimum absolute atomic E-state index is 0.0663. The number of anilines is 1. The molecule has 2 rings (SSSR count). The average molecular weight is 252 g/mol. The molecule has 1 amide bonds. The van der Waals surface area contributed by atoms with E-state index in [9.17, 15) is 9.59 Å². The first-order valence-electron chi connectivity index (χ1n) is 5.81. The van der Waals surface area contributed by atoms with E-state index in [1.165, 1.54) is 11.5 Å². The molecule has 7 heteroatoms. The summed E-state index contributed by atoms with van der Waals surface area (Å²) in [6, 6.07) is 1.56. The van der Waals surface area contributed by atoms with Gasteiger partial charge >= 0.3 is 5.69 Å². The van der Waals surface area contributed by atoms with Crippen LogP contribution in [0.15, 0.2) is 17.1 Å². The highest BCUT2D eigenvalue weighted by molar-refractivity contribution is 5.72. The van der Waals surface area contributed by atoms with Crippen LogP contribution in [0, 0.1) is 0 Å². The lowest BCUT2D eigenvalue weighted by Gasteiger charge is -2.15. The fraction of sp³-hybridized carbons (Fsp3) is 0.545. The second-order valence-electron chi connectivity index (χ2n) is 4.27. The van der Waals surface area contributed by atoms with E-state index in [-0.39, 0.29) is 24.1 Å². The zero-order valence-electron chi connectivity index (χ0n) is 10.1. The van der Waals surface area contributed by atoms with Gasteiger partial charge in [-0.2, -0.15) is 4.98 Å². The Labute approximate surface area is 104 Å². The predicted octanol–water partition coefficient (Wildman–Crippen LogP) is -0.361. The zero-order valence-corrected chi connectivity index (χ0v) is 10.1. The number of nitrogens with zero attached hydrogens (tertiary/aromatic N) is 2. The van der Waals surface area contributed by atoms with Crippen molar-refractivity contribution in [1.29, 1.82) is 0 Å². The molecule has 0 radical (unpaired) electrons. The number of carbonyl (C=O) groups excluding carboxylic acids is 1. The normalized spacial score (nSPS) is 22.9. The highest BCUT2D eigenvalue weighted by Gasteiger charge is 2.27. The summed E-state index contributed by atoms with van der Waals surface area (Å²) in [6.07, 6.45) is 2.70. The fourth-order valence-corrected chi connectivity index (χ4v) is 1.94. The van der Waals surface area contributed by atoms with E-state index in [1.54, 1.807) is 12.3 Å². The molecule has 0 saturated carbocycles. The molecule has 1 fully saturated rings. The Morgan fingerprint density at radius 1 is 1.67 bits per heavy atom. The van der Waals surface area contributed by atoms with Gasteiger partial charge < -0.3 is 15.8 Å². The molecule has 1 saturated heterocycles. The molecule has 18 heavy (non-hydrogen) atoms. The molecule has 1 aromatic heterocycles. The number of ether oxygens (including phenoxy) is 1. The van der Waals surface area contributed by atoms with Crippen molar-refractivity contribution >= 4 is 11.7 Å². The molecule has 2 heterocycles. The number of nitrogens with two attached hydrogens (primary N) is 1. The number of hydrogen-bond donors (Lipinski definition) is 2. The van der Waals surface area contributed by atoms with E-state index in [4.69, 9.17) is 10.5 Å². The van der Waals surface area contributed by atoms with Gasteiger partial charge in [0.2, 0.25) is 5.91 Å². The van der Waals surface area contributed by atoms with E-state index in [0.717, 1.165) is 12.8 Å². The molecule has 0 bridgehead atoms. The van der Waals surface area contributed by atoms with Crippen LogP contribution < -0.4 is 16.7 Å². The maximum Gasteiger partial charge on any atom is 0.351 e. The molecule has 0 aromatic carbocycles. The van der Waals surface area contributed by atoms with Crippen LogP contribution >= 0.6 is 0 Å². The van der Waals surface area contributed by atoms with Crippen LogP contribution in [-0.4, -0.2) is 28.1 Å². The highest BCUT2D eigenvalue weighted by atomic mass is 16.5. The molecule has 7 nitrogen and oxygen atoms in total. The first-order chi connectivity index (χ1) is 8.56. The fourth-order valence-electron chi connectivity index (χ4n) is 1.94. The van der Waals surface area contributed by atoms with Crippen molar-refractivity contribution in [3.05, 3.63) is 22.7 Å². The van der Waals surface area contributed by atoms with Crippen molar-refractivity contribution in [2.24, 2.45) is 0 Å². The summed E-state index contributed by atoms with van der Waals surface area (Å²) in [7, 11) is 0. The summed E-state index contributed by atoms with van der Waals surface area (Å²) in [5.41, 5.74) is 5.01. The van der Waals surface area contributed by atoms with Gasteiger partial charge in [0.05, 0.1) is 6.10 Å². The summed E-state index contributed by atoms with van der Waals surface area (Å²) in [5.74, 6) is 0.109. The highest BCUT2D eigenvalue weighted by Crippen LogP contribution is 2.26. The van der Waals surface area contributed by atoms with Crippen LogP contribution in [0.25, 0.3) is 0 Å². The number of amides is 1. The third-order valence-corrected chi connectivity index (χ3v) is 2.83. The van der Waals surface area contributed by atoms with E-state index in [2.05, 4.69) is 10.3 Å². The summed E-state index contributed by atoms with van der Waals surface area (Å²) < 4.78 is 7.11. The Bertz CT molecular complexity index is 499. The number of nitrogen functional groups attached to an aromatic ring is 1. The number of hydrogen-bond acceptors (Lipinski definition) is 5. The van der Waals surface area contributed by atoms with Gasteiger partial charge in [0.25, 0.3) is 0 Å². The molecule has 3 N–H and O–H groups in total. The van der Waals surface area contributed by atoms with Crippen LogP contribution in [0.4, 0.5) is 5.82 Å². The predicted molar refractivity (Wildman–Crippen MR) is 64.7 cm³/mol. The third-order valence-electron chi connectivity index (χ3n) is 2.83. The molecule has 1 aliphatic heterocycles. The number of carbonyl (C=O) groups is 1. The Morgan fingerprint density at radius 2 is 2.44 bits per heavy atom. The second kappa shape index (κ2) is 5.18. The SMILES string of the molecule is CC(=O)NCC1CCC(n2ccc(N)nc2=O)O1. The van der Waals surface area contributed by atoms with Crippen LogP contribution in [0.2, 0.25) is 0 Å². The standard InChI is InChI=1S/C11H16N4O3/c1-7(16)13-6-8-2-3-10(18-8)15-5-4-9(12)14-11(15)17/h4-5,8,10H,2-3,6H2,1H3,(H,13,16)(H2,12,14,17). The van der Waals surface area contributed by atoms with Crippen LogP contribution in [0.3, 0.4) is 0 Å². The minimum Gasteiger partial charge on any atom is -0.383 e. The smallest absolute Gasteiger partial charge is 0.351 e. The molecular weight excluding hydrogens is 236 g/mol. The van der Waals surface area contributed by atoms with Gasteiger partial charge in [-0.3, -0.25) is 9.36 Å². The van der Waals surface area contributed by atoms with E-state index in [1.807, 2.05) is 0 Å². The molecule has 98 valence electrons. The van der Waals surface area contributed by atoms with Gasteiger partial charge in [-0.05, 0) is 18.9 Å². The number of aromatic nitrogens is 2. The van der Waals surface area contributed by atoms with E-state index in [0.29, 0.717) is 6.54 Å². The molecule has 2 unspecified atom stereocenters. The van der Waals surface area contributed by atoms with Gasteiger partial charge in [-0.15, -0.1) is 0 Å². The Morgan fingerprint density at radius 3 is 3.11 bits per heavy atom. The van der Waals surface area contributed by atoms with Gasteiger partial charge in [0.1, 0.15) is 12.0 Å². The van der Waals surface area contributed by atoms with Crippen LogP contribution in [0.5, 0.6) is 0 Å². The second-order valence-corrected chi connectivity index (χ2v) is 4.27. The number of rotatable bonds is 3. The lowest BCUT2D eigenvalue weighted by molar-refractivity contribution is -0.119. The quantitative estimate of drug-likeness (QED) is 0.765.